The number of nitro benzene ring substituents is 1. The standard InChI is InChI=1S/C19H22N2O7S/c1-5-28-19(22)12-20(16-7-6-8-17(14(16)3)21(23)24)29(25,26)15-9-10-18(27-4)13(2)11-15/h6-11H,5,12H2,1-4H3. The van der Waals surface area contributed by atoms with Gasteiger partial charge in [-0.15, -0.1) is 0 Å². The molecular formula is C19H22N2O7S. The van der Waals surface area contributed by atoms with Crippen LogP contribution < -0.4 is 9.04 Å². The molecule has 0 atom stereocenters. The highest BCUT2D eigenvalue weighted by Gasteiger charge is 2.31. The number of rotatable bonds is 8. The van der Waals surface area contributed by atoms with Crippen LogP contribution in [-0.4, -0.2) is 39.6 Å². The Morgan fingerprint density at radius 2 is 1.90 bits per heavy atom. The molecule has 2 aromatic carbocycles. The highest BCUT2D eigenvalue weighted by atomic mass is 32.2. The average molecular weight is 422 g/mol. The number of esters is 1. The van der Waals surface area contributed by atoms with Crippen LogP contribution in [0.4, 0.5) is 11.4 Å². The van der Waals surface area contributed by atoms with E-state index in [4.69, 9.17) is 9.47 Å². The van der Waals surface area contributed by atoms with Gasteiger partial charge in [0.15, 0.2) is 0 Å². The predicted molar refractivity (Wildman–Crippen MR) is 107 cm³/mol. The summed E-state index contributed by atoms with van der Waals surface area (Å²) in [7, 11) is -2.76. The molecule has 0 unspecified atom stereocenters. The minimum absolute atomic E-state index is 0.0284. The molecule has 156 valence electrons. The van der Waals surface area contributed by atoms with Gasteiger partial charge in [-0.05, 0) is 50.6 Å². The molecule has 0 heterocycles. The zero-order valence-electron chi connectivity index (χ0n) is 16.5. The van der Waals surface area contributed by atoms with Gasteiger partial charge >= 0.3 is 5.97 Å². The van der Waals surface area contributed by atoms with Crippen molar-refractivity contribution in [2.75, 3.05) is 24.6 Å². The topological polar surface area (TPSA) is 116 Å². The van der Waals surface area contributed by atoms with E-state index in [1.54, 1.807) is 13.8 Å². The minimum Gasteiger partial charge on any atom is -0.496 e. The summed E-state index contributed by atoms with van der Waals surface area (Å²) in [6.07, 6.45) is 0. The zero-order chi connectivity index (χ0) is 21.8. The molecule has 0 saturated heterocycles. The number of anilines is 1. The molecule has 10 heteroatoms. The summed E-state index contributed by atoms with van der Waals surface area (Å²) in [5.41, 5.74) is 0.481. The molecule has 2 aromatic rings. The number of hydrogen-bond acceptors (Lipinski definition) is 7. The summed E-state index contributed by atoms with van der Waals surface area (Å²) < 4.78 is 37.6. The zero-order valence-corrected chi connectivity index (χ0v) is 17.4. The van der Waals surface area contributed by atoms with Gasteiger partial charge in [0.05, 0.1) is 34.8 Å². The van der Waals surface area contributed by atoms with Crippen LogP contribution in [0.15, 0.2) is 41.3 Å². The second kappa shape index (κ2) is 8.91. The Hall–Kier alpha value is -3.14. The van der Waals surface area contributed by atoms with Crippen LogP contribution in [0.3, 0.4) is 0 Å². The summed E-state index contributed by atoms with van der Waals surface area (Å²) >= 11 is 0. The van der Waals surface area contributed by atoms with Crippen LogP contribution in [0.25, 0.3) is 0 Å². The van der Waals surface area contributed by atoms with Gasteiger partial charge < -0.3 is 9.47 Å². The normalized spacial score (nSPS) is 11.0. The van der Waals surface area contributed by atoms with E-state index < -0.39 is 27.5 Å². The molecule has 2 rings (SSSR count). The summed E-state index contributed by atoms with van der Waals surface area (Å²) in [6, 6.07) is 8.32. The fraction of sp³-hybridized carbons (Fsp3) is 0.316. The van der Waals surface area contributed by atoms with E-state index in [9.17, 15) is 23.3 Å². The summed E-state index contributed by atoms with van der Waals surface area (Å²) in [6.45, 7) is 4.17. The average Bonchev–Trinajstić information content (AvgIpc) is 2.66. The Labute approximate surface area is 169 Å². The Kier molecular flexibility index (Phi) is 6.80. The largest absolute Gasteiger partial charge is 0.496 e. The lowest BCUT2D eigenvalue weighted by Gasteiger charge is -2.25. The van der Waals surface area contributed by atoms with Crippen LogP contribution >= 0.6 is 0 Å². The van der Waals surface area contributed by atoms with Crippen LogP contribution in [0, 0.1) is 24.0 Å². The van der Waals surface area contributed by atoms with E-state index in [-0.39, 0.29) is 28.4 Å². The summed E-state index contributed by atoms with van der Waals surface area (Å²) in [5, 5.41) is 11.3. The number of nitro groups is 1. The Bertz CT molecular complexity index is 1030. The molecule has 0 spiro atoms. The number of methoxy groups -OCH3 is 1. The summed E-state index contributed by atoms with van der Waals surface area (Å²) in [5.74, 6) is -0.264. The van der Waals surface area contributed by atoms with Crippen molar-refractivity contribution in [3.05, 3.63) is 57.6 Å². The number of hydrogen-bond donors (Lipinski definition) is 0. The fourth-order valence-electron chi connectivity index (χ4n) is 2.84. The lowest BCUT2D eigenvalue weighted by Crippen LogP contribution is -2.37. The Morgan fingerprint density at radius 1 is 1.21 bits per heavy atom. The van der Waals surface area contributed by atoms with E-state index in [1.807, 2.05) is 0 Å². The van der Waals surface area contributed by atoms with Crippen molar-refractivity contribution < 1.29 is 27.6 Å². The van der Waals surface area contributed by atoms with Gasteiger partial charge in [0, 0.05) is 6.07 Å². The quantitative estimate of drug-likeness (QED) is 0.365. The Balaban J connectivity index is 2.65. The number of carbonyl (C=O) groups excluding carboxylic acids is 1. The number of ether oxygens (including phenoxy) is 2. The smallest absolute Gasteiger partial charge is 0.326 e. The van der Waals surface area contributed by atoms with Gasteiger partial charge in [0.25, 0.3) is 15.7 Å². The lowest BCUT2D eigenvalue weighted by atomic mass is 10.1. The molecule has 29 heavy (non-hydrogen) atoms. The third kappa shape index (κ3) is 4.65. The lowest BCUT2D eigenvalue weighted by molar-refractivity contribution is -0.385. The first kappa shape index (κ1) is 22.2. The van der Waals surface area contributed by atoms with Crippen LogP contribution in [0.2, 0.25) is 0 Å². The second-order valence-electron chi connectivity index (χ2n) is 6.13. The van der Waals surface area contributed by atoms with E-state index in [0.717, 1.165) is 4.31 Å². The van der Waals surface area contributed by atoms with Gasteiger partial charge in [-0.2, -0.15) is 0 Å². The monoisotopic (exact) mass is 422 g/mol. The van der Waals surface area contributed by atoms with Gasteiger partial charge in [0.1, 0.15) is 12.3 Å². The maximum Gasteiger partial charge on any atom is 0.326 e. The molecule has 0 bridgehead atoms. The van der Waals surface area contributed by atoms with Gasteiger partial charge in [-0.1, -0.05) is 6.07 Å². The van der Waals surface area contributed by atoms with Crippen LogP contribution in [0.1, 0.15) is 18.1 Å². The number of aryl methyl sites for hydroxylation is 1. The SMILES string of the molecule is CCOC(=O)CN(c1cccc([N+](=O)[O-])c1C)S(=O)(=O)c1ccc(OC)c(C)c1. The number of benzene rings is 2. The third-order valence-corrected chi connectivity index (χ3v) is 6.03. The van der Waals surface area contributed by atoms with Crippen molar-refractivity contribution in [1.82, 2.24) is 0 Å². The van der Waals surface area contributed by atoms with Crippen molar-refractivity contribution >= 4 is 27.4 Å². The second-order valence-corrected chi connectivity index (χ2v) is 7.99. The van der Waals surface area contributed by atoms with Crippen molar-refractivity contribution in [3.63, 3.8) is 0 Å². The molecule has 0 amide bonds. The summed E-state index contributed by atoms with van der Waals surface area (Å²) in [4.78, 5) is 22.7. The maximum atomic E-state index is 13.4. The first-order valence-corrected chi connectivity index (χ1v) is 10.1. The Morgan fingerprint density at radius 3 is 2.45 bits per heavy atom. The molecule has 0 aliphatic heterocycles. The van der Waals surface area contributed by atoms with Gasteiger partial charge in [0.2, 0.25) is 0 Å². The molecule has 0 radical (unpaired) electrons. The van der Waals surface area contributed by atoms with E-state index in [1.165, 1.54) is 50.4 Å². The predicted octanol–water partition coefficient (Wildman–Crippen LogP) is 2.98. The van der Waals surface area contributed by atoms with Gasteiger partial charge in [-0.25, -0.2) is 8.42 Å². The molecule has 0 saturated carbocycles. The number of nitrogens with zero attached hydrogens (tertiary/aromatic N) is 2. The molecule has 9 nitrogen and oxygen atoms in total. The van der Waals surface area contributed by atoms with E-state index in [2.05, 4.69) is 0 Å². The third-order valence-electron chi connectivity index (χ3n) is 4.27. The number of carbonyl (C=O) groups is 1. The fourth-order valence-corrected chi connectivity index (χ4v) is 4.39. The number of sulfonamides is 1. The van der Waals surface area contributed by atoms with Crippen LogP contribution in [0.5, 0.6) is 5.75 Å². The molecule has 0 N–H and O–H groups in total. The first-order chi connectivity index (χ1) is 13.6. The van der Waals surface area contributed by atoms with Gasteiger partial charge in [-0.3, -0.25) is 19.2 Å². The van der Waals surface area contributed by atoms with Crippen molar-refractivity contribution in [1.29, 1.82) is 0 Å². The molecular weight excluding hydrogens is 400 g/mol. The minimum atomic E-state index is -4.23. The molecule has 0 aliphatic carbocycles. The molecule has 0 aromatic heterocycles. The van der Waals surface area contributed by atoms with E-state index in [0.29, 0.717) is 11.3 Å². The van der Waals surface area contributed by atoms with Crippen LogP contribution in [-0.2, 0) is 19.6 Å². The van der Waals surface area contributed by atoms with E-state index >= 15 is 0 Å². The van der Waals surface area contributed by atoms with Crippen molar-refractivity contribution in [2.45, 2.75) is 25.7 Å². The first-order valence-electron chi connectivity index (χ1n) is 8.70. The van der Waals surface area contributed by atoms with Crippen molar-refractivity contribution in [2.24, 2.45) is 0 Å². The van der Waals surface area contributed by atoms with Crippen molar-refractivity contribution in [3.8, 4) is 5.75 Å². The highest BCUT2D eigenvalue weighted by Crippen LogP contribution is 2.33. The molecule has 0 fully saturated rings. The highest BCUT2D eigenvalue weighted by molar-refractivity contribution is 7.92. The molecule has 0 aliphatic rings. The maximum absolute atomic E-state index is 13.4.